The van der Waals surface area contributed by atoms with E-state index in [9.17, 15) is 4.79 Å². The molecular weight excluding hydrogens is 242 g/mol. The quantitative estimate of drug-likeness (QED) is 0.437. The monoisotopic (exact) mass is 250 g/mol. The molecule has 0 spiro atoms. The summed E-state index contributed by atoms with van der Waals surface area (Å²) in [7, 11) is 0. The minimum absolute atomic E-state index is 0.0437. The molecule has 4 heteroatoms. The molecule has 0 aromatic heterocycles. The van der Waals surface area contributed by atoms with Gasteiger partial charge in [0.05, 0.1) is 15.9 Å². The van der Waals surface area contributed by atoms with Crippen LogP contribution >= 0.6 is 34.8 Å². The summed E-state index contributed by atoms with van der Waals surface area (Å²) < 4.78 is 0. The number of alkyl halides is 1. The van der Waals surface area contributed by atoms with Crippen molar-refractivity contribution in [2.45, 2.75) is 0 Å². The Hall–Kier alpha value is -0.500. The normalized spacial score (nSPS) is 8.79. The molecule has 0 aliphatic carbocycles. The predicted octanol–water partition coefficient (Wildman–Crippen LogP) is 4.22. The maximum absolute atomic E-state index is 11.0. The van der Waals surface area contributed by atoms with Crippen molar-refractivity contribution in [2.75, 3.05) is 5.88 Å². The van der Waals surface area contributed by atoms with E-state index in [-0.39, 0.29) is 11.7 Å². The van der Waals surface area contributed by atoms with Crippen LogP contribution in [0.15, 0.2) is 31.4 Å². The Bertz CT molecular complexity index is 323. The van der Waals surface area contributed by atoms with E-state index in [1.165, 1.54) is 6.07 Å². The fourth-order valence-electron chi connectivity index (χ4n) is 0.747. The summed E-state index contributed by atoms with van der Waals surface area (Å²) >= 11 is 16.7. The summed E-state index contributed by atoms with van der Waals surface area (Å²) in [5.41, 5.74) is 0.486. The molecule has 0 amide bonds. The van der Waals surface area contributed by atoms with Crippen LogP contribution in [0.2, 0.25) is 10.0 Å². The van der Waals surface area contributed by atoms with Gasteiger partial charge < -0.3 is 0 Å². The topological polar surface area (TPSA) is 17.1 Å². The van der Waals surface area contributed by atoms with Crippen molar-refractivity contribution in [1.82, 2.24) is 0 Å². The van der Waals surface area contributed by atoms with Gasteiger partial charge >= 0.3 is 0 Å². The molecule has 1 aromatic carbocycles. The third-order valence-electron chi connectivity index (χ3n) is 1.36. The van der Waals surface area contributed by atoms with E-state index in [0.717, 1.165) is 0 Å². The maximum atomic E-state index is 11.0. The van der Waals surface area contributed by atoms with Crippen LogP contribution in [0.25, 0.3) is 0 Å². The molecule has 0 aliphatic heterocycles. The van der Waals surface area contributed by atoms with Gasteiger partial charge in [-0.15, -0.1) is 24.8 Å². The van der Waals surface area contributed by atoms with E-state index >= 15 is 0 Å². The number of halogens is 3. The van der Waals surface area contributed by atoms with Gasteiger partial charge in [0.15, 0.2) is 5.78 Å². The maximum Gasteiger partial charge on any atom is 0.177 e. The number of hydrogen-bond acceptors (Lipinski definition) is 1. The average Bonchev–Trinajstić information content (AvgIpc) is 2.24. The Morgan fingerprint density at radius 1 is 1.21 bits per heavy atom. The Morgan fingerprint density at radius 2 is 1.79 bits per heavy atom. The van der Waals surface area contributed by atoms with Crippen LogP contribution in [0.3, 0.4) is 0 Å². The highest BCUT2D eigenvalue weighted by Crippen LogP contribution is 2.22. The minimum Gasteiger partial charge on any atom is -0.293 e. The van der Waals surface area contributed by atoms with Gasteiger partial charge in [0, 0.05) is 5.56 Å². The van der Waals surface area contributed by atoms with Gasteiger partial charge in [-0.1, -0.05) is 23.2 Å². The third kappa shape index (κ3) is 3.70. The first kappa shape index (κ1) is 13.5. The van der Waals surface area contributed by atoms with Crippen LogP contribution in [-0.4, -0.2) is 11.7 Å². The second-order valence-corrected chi connectivity index (χ2v) is 3.27. The van der Waals surface area contributed by atoms with Crippen LogP contribution in [0, 0.1) is 0 Å². The lowest BCUT2D eigenvalue weighted by Crippen LogP contribution is -1.99. The molecule has 0 radical (unpaired) electrons. The summed E-state index contributed by atoms with van der Waals surface area (Å²) in [6, 6.07) is 4.68. The highest BCUT2D eigenvalue weighted by Gasteiger charge is 2.05. The van der Waals surface area contributed by atoms with Crippen molar-refractivity contribution in [1.29, 1.82) is 0 Å². The first-order chi connectivity index (χ1) is 6.65. The van der Waals surface area contributed by atoms with Crippen molar-refractivity contribution in [3.8, 4) is 0 Å². The number of ketones is 1. The highest BCUT2D eigenvalue weighted by atomic mass is 35.5. The van der Waals surface area contributed by atoms with Gasteiger partial charge in [-0.3, -0.25) is 4.79 Å². The molecule has 0 aliphatic rings. The Balaban J connectivity index is 0.000000791. The van der Waals surface area contributed by atoms with Crippen molar-refractivity contribution < 1.29 is 4.79 Å². The van der Waals surface area contributed by atoms with E-state index in [1.807, 2.05) is 0 Å². The zero-order chi connectivity index (χ0) is 11.1. The molecule has 1 aromatic rings. The van der Waals surface area contributed by atoms with Gasteiger partial charge in [0.1, 0.15) is 0 Å². The number of hydrogen-bond donors (Lipinski definition) is 0. The fourth-order valence-corrected chi connectivity index (χ4v) is 1.20. The Morgan fingerprint density at radius 3 is 2.21 bits per heavy atom. The predicted molar refractivity (Wildman–Crippen MR) is 62.8 cm³/mol. The average molecular weight is 252 g/mol. The Kier molecular flexibility index (Phi) is 6.64. The van der Waals surface area contributed by atoms with Crippen LogP contribution in [-0.2, 0) is 0 Å². The standard InChI is InChI=1S/C8H5Cl3O.C2H4/c9-4-8(12)5-1-2-6(10)7(11)3-5;1-2/h1-3H,4H2;1-2H2. The van der Waals surface area contributed by atoms with Crippen molar-refractivity contribution in [3.05, 3.63) is 47.0 Å². The highest BCUT2D eigenvalue weighted by molar-refractivity contribution is 6.42. The molecule has 1 nitrogen and oxygen atoms in total. The molecule has 14 heavy (non-hydrogen) atoms. The molecule has 76 valence electrons. The smallest absolute Gasteiger partial charge is 0.177 e. The largest absolute Gasteiger partial charge is 0.293 e. The van der Waals surface area contributed by atoms with Crippen LogP contribution in [0.4, 0.5) is 0 Å². The molecular formula is C10H9Cl3O. The molecule has 0 heterocycles. The molecule has 0 atom stereocenters. The summed E-state index contributed by atoms with van der Waals surface area (Å²) in [5.74, 6) is -0.201. The van der Waals surface area contributed by atoms with Gasteiger partial charge in [0.2, 0.25) is 0 Å². The first-order valence-corrected chi connectivity index (χ1v) is 4.98. The fraction of sp³-hybridized carbons (Fsp3) is 0.100. The Labute approximate surface area is 98.3 Å². The lowest BCUT2D eigenvalue weighted by atomic mass is 10.1. The lowest BCUT2D eigenvalue weighted by Gasteiger charge is -1.98. The first-order valence-electron chi connectivity index (χ1n) is 3.69. The molecule has 0 bridgehead atoms. The van der Waals surface area contributed by atoms with Gasteiger partial charge in [-0.25, -0.2) is 0 Å². The summed E-state index contributed by atoms with van der Waals surface area (Å²) in [6.07, 6.45) is 0. The molecule has 0 unspecified atom stereocenters. The second-order valence-electron chi connectivity index (χ2n) is 2.19. The van der Waals surface area contributed by atoms with Crippen molar-refractivity contribution in [2.24, 2.45) is 0 Å². The van der Waals surface area contributed by atoms with Crippen LogP contribution in [0.5, 0.6) is 0 Å². The molecule has 1 rings (SSSR count). The van der Waals surface area contributed by atoms with E-state index in [2.05, 4.69) is 13.2 Å². The summed E-state index contributed by atoms with van der Waals surface area (Å²) in [4.78, 5) is 11.0. The van der Waals surface area contributed by atoms with Crippen LogP contribution in [0.1, 0.15) is 10.4 Å². The number of Topliss-reactive ketones (excluding diaryl/α,β-unsaturated/α-hetero) is 1. The van der Waals surface area contributed by atoms with Crippen molar-refractivity contribution >= 4 is 40.6 Å². The zero-order valence-corrected chi connectivity index (χ0v) is 9.66. The van der Waals surface area contributed by atoms with E-state index in [4.69, 9.17) is 34.8 Å². The molecule has 0 N–H and O–H groups in total. The van der Waals surface area contributed by atoms with E-state index in [1.54, 1.807) is 12.1 Å². The van der Waals surface area contributed by atoms with Gasteiger partial charge in [-0.05, 0) is 18.2 Å². The van der Waals surface area contributed by atoms with E-state index < -0.39 is 0 Å². The second kappa shape index (κ2) is 6.88. The third-order valence-corrected chi connectivity index (χ3v) is 2.34. The number of rotatable bonds is 2. The lowest BCUT2D eigenvalue weighted by molar-refractivity contribution is 0.102. The van der Waals surface area contributed by atoms with Gasteiger partial charge in [-0.2, -0.15) is 0 Å². The molecule has 0 saturated carbocycles. The van der Waals surface area contributed by atoms with Crippen LogP contribution < -0.4 is 0 Å². The SMILES string of the molecule is C=C.O=C(CCl)c1ccc(Cl)c(Cl)c1. The number of benzene rings is 1. The number of carbonyl (C=O) groups is 1. The minimum atomic E-state index is -0.157. The molecule has 0 fully saturated rings. The molecule has 0 saturated heterocycles. The summed E-state index contributed by atoms with van der Waals surface area (Å²) in [6.45, 7) is 6.00. The van der Waals surface area contributed by atoms with Crippen molar-refractivity contribution in [3.63, 3.8) is 0 Å². The van der Waals surface area contributed by atoms with Gasteiger partial charge in [0.25, 0.3) is 0 Å². The summed E-state index contributed by atoms with van der Waals surface area (Å²) in [5, 5.41) is 0.801. The van der Waals surface area contributed by atoms with E-state index in [0.29, 0.717) is 15.6 Å². The zero-order valence-electron chi connectivity index (χ0n) is 7.40. The number of carbonyl (C=O) groups excluding carboxylic acids is 1.